The van der Waals surface area contributed by atoms with E-state index in [1.54, 1.807) is 49.7 Å². The molecule has 5 rings (SSSR count). The van der Waals surface area contributed by atoms with Gasteiger partial charge in [-0.25, -0.2) is 17.9 Å². The zero-order chi connectivity index (χ0) is 32.5. The van der Waals surface area contributed by atoms with Crippen molar-refractivity contribution in [3.8, 4) is 26.7 Å². The van der Waals surface area contributed by atoms with Crippen molar-refractivity contribution in [1.82, 2.24) is 19.6 Å². The van der Waals surface area contributed by atoms with Crippen LogP contribution < -0.4 is 0 Å². The van der Waals surface area contributed by atoms with E-state index in [0.717, 1.165) is 21.0 Å². The van der Waals surface area contributed by atoms with E-state index in [9.17, 15) is 18.0 Å². The summed E-state index contributed by atoms with van der Waals surface area (Å²) in [6.45, 7) is 6.63. The number of aromatic nitrogens is 2. The van der Waals surface area contributed by atoms with Crippen LogP contribution in [0.15, 0.2) is 71.6 Å². The van der Waals surface area contributed by atoms with E-state index in [2.05, 4.69) is 0 Å². The Kier molecular flexibility index (Phi) is 9.41. The standard InChI is InChI=1S/C32H35ClN4O6S2/c1-32(2,3)43-31(39)36-16-15-35(27(20-36)30(38)42-4)19-22-18-26(37(34-22)25-12-7-6-11-24(25)33)29-14-13-28(44-29)21-9-8-10-23(17-21)45(5,40)41/h6-14,17-18,27H,15-16,19-20H2,1-5H3. The number of ether oxygens (including phenoxy) is 2. The van der Waals surface area contributed by atoms with Crippen molar-refractivity contribution in [3.63, 3.8) is 0 Å². The third-order valence-corrected chi connectivity index (χ3v) is 9.81. The number of sulfone groups is 1. The first-order valence-corrected chi connectivity index (χ1v) is 17.4. The topological polar surface area (TPSA) is 111 Å². The molecule has 2 aromatic carbocycles. The van der Waals surface area contributed by atoms with Crippen LogP contribution in [0.1, 0.15) is 26.5 Å². The maximum absolute atomic E-state index is 12.9. The molecule has 0 radical (unpaired) electrons. The van der Waals surface area contributed by atoms with Gasteiger partial charge < -0.3 is 14.4 Å². The molecule has 0 spiro atoms. The zero-order valence-corrected chi connectivity index (χ0v) is 28.1. The van der Waals surface area contributed by atoms with Gasteiger partial charge in [-0.3, -0.25) is 9.69 Å². The molecule has 3 heterocycles. The summed E-state index contributed by atoms with van der Waals surface area (Å²) in [5.41, 5.74) is 2.31. The van der Waals surface area contributed by atoms with Crippen LogP contribution in [0.2, 0.25) is 5.02 Å². The summed E-state index contributed by atoms with van der Waals surface area (Å²) < 4.78 is 36.7. The molecule has 1 aliphatic rings. The van der Waals surface area contributed by atoms with Crippen molar-refractivity contribution in [1.29, 1.82) is 0 Å². The minimum atomic E-state index is -3.36. The highest BCUT2D eigenvalue weighted by atomic mass is 35.5. The second-order valence-corrected chi connectivity index (χ2v) is 15.3. The smallest absolute Gasteiger partial charge is 0.410 e. The van der Waals surface area contributed by atoms with Crippen LogP contribution in [0.3, 0.4) is 0 Å². The molecule has 1 atom stereocenters. The van der Waals surface area contributed by atoms with Crippen LogP contribution in [0.4, 0.5) is 4.79 Å². The van der Waals surface area contributed by atoms with Crippen molar-refractivity contribution in [2.45, 2.75) is 43.9 Å². The lowest BCUT2D eigenvalue weighted by Crippen LogP contribution is -2.58. The summed E-state index contributed by atoms with van der Waals surface area (Å²) in [5, 5.41) is 5.44. The van der Waals surface area contributed by atoms with Crippen molar-refractivity contribution < 1.29 is 27.5 Å². The molecule has 238 valence electrons. The molecule has 1 fully saturated rings. The van der Waals surface area contributed by atoms with E-state index in [-0.39, 0.29) is 11.4 Å². The summed E-state index contributed by atoms with van der Waals surface area (Å²) in [4.78, 5) is 31.2. The molecule has 0 N–H and O–H groups in total. The Morgan fingerprint density at radius 2 is 1.76 bits per heavy atom. The Labute approximate surface area is 272 Å². The number of carbonyl (C=O) groups is 2. The molecular formula is C32H35ClN4O6S2. The van der Waals surface area contributed by atoms with Crippen LogP contribution in [0, 0.1) is 0 Å². The summed E-state index contributed by atoms with van der Waals surface area (Å²) in [6.07, 6.45) is 0.717. The van der Waals surface area contributed by atoms with Crippen LogP contribution >= 0.6 is 22.9 Å². The van der Waals surface area contributed by atoms with Gasteiger partial charge in [-0.2, -0.15) is 5.10 Å². The number of benzene rings is 2. The van der Waals surface area contributed by atoms with Crippen LogP contribution in [0.5, 0.6) is 0 Å². The van der Waals surface area contributed by atoms with Gasteiger partial charge in [0, 0.05) is 30.8 Å². The Morgan fingerprint density at radius 1 is 1.02 bits per heavy atom. The highest BCUT2D eigenvalue weighted by Gasteiger charge is 2.37. The second-order valence-electron chi connectivity index (χ2n) is 11.8. The summed E-state index contributed by atoms with van der Waals surface area (Å²) in [5.74, 6) is -0.451. The lowest BCUT2D eigenvalue weighted by molar-refractivity contribution is -0.149. The van der Waals surface area contributed by atoms with Gasteiger partial charge in [-0.1, -0.05) is 35.9 Å². The van der Waals surface area contributed by atoms with Gasteiger partial charge in [-0.15, -0.1) is 11.3 Å². The lowest BCUT2D eigenvalue weighted by atomic mass is 10.1. The van der Waals surface area contributed by atoms with Gasteiger partial charge in [0.05, 0.1) is 45.5 Å². The number of amides is 1. The fourth-order valence-corrected chi connectivity index (χ4v) is 6.96. The van der Waals surface area contributed by atoms with E-state index >= 15 is 0 Å². The molecule has 1 aliphatic heterocycles. The van der Waals surface area contributed by atoms with Gasteiger partial charge in [0.25, 0.3) is 0 Å². The number of rotatable bonds is 7. The van der Waals surface area contributed by atoms with Crippen LogP contribution in [0.25, 0.3) is 26.7 Å². The Bertz CT molecular complexity index is 1830. The second kappa shape index (κ2) is 13.0. The van der Waals surface area contributed by atoms with Gasteiger partial charge in [0.15, 0.2) is 9.84 Å². The first-order chi connectivity index (χ1) is 21.2. The number of esters is 1. The monoisotopic (exact) mass is 670 g/mol. The molecule has 1 amide bonds. The molecule has 45 heavy (non-hydrogen) atoms. The molecule has 1 saturated heterocycles. The number of piperazine rings is 1. The predicted octanol–water partition coefficient (Wildman–Crippen LogP) is 5.92. The number of para-hydroxylation sites is 1. The van der Waals surface area contributed by atoms with E-state index in [4.69, 9.17) is 26.2 Å². The SMILES string of the molecule is COC(=O)C1CN(C(=O)OC(C)(C)C)CCN1Cc1cc(-c2ccc(-c3cccc(S(C)(=O)=O)c3)s2)n(-c2ccccc2Cl)n1. The quantitative estimate of drug-likeness (QED) is 0.223. The molecule has 13 heteroatoms. The number of halogens is 1. The molecular weight excluding hydrogens is 636 g/mol. The molecule has 1 unspecified atom stereocenters. The minimum Gasteiger partial charge on any atom is -0.468 e. The number of thiophene rings is 1. The Hall–Kier alpha value is -3.71. The summed E-state index contributed by atoms with van der Waals surface area (Å²) >= 11 is 8.13. The fraction of sp³-hybridized carbons (Fsp3) is 0.344. The number of nitrogens with zero attached hydrogens (tertiary/aromatic N) is 4. The third kappa shape index (κ3) is 7.58. The molecule has 0 saturated carbocycles. The number of methoxy groups -OCH3 is 1. The van der Waals surface area contributed by atoms with E-state index in [1.807, 2.05) is 47.4 Å². The Balaban J connectivity index is 1.48. The van der Waals surface area contributed by atoms with Gasteiger partial charge in [0.1, 0.15) is 11.6 Å². The number of hydrogen-bond donors (Lipinski definition) is 0. The normalized spacial score (nSPS) is 16.0. The Morgan fingerprint density at radius 3 is 2.44 bits per heavy atom. The molecule has 0 bridgehead atoms. The van der Waals surface area contributed by atoms with Crippen molar-refractivity contribution >= 4 is 44.8 Å². The van der Waals surface area contributed by atoms with Crippen LogP contribution in [-0.4, -0.2) is 84.7 Å². The molecule has 0 aliphatic carbocycles. The lowest BCUT2D eigenvalue weighted by Gasteiger charge is -2.39. The number of hydrogen-bond acceptors (Lipinski definition) is 9. The summed E-state index contributed by atoms with van der Waals surface area (Å²) in [7, 11) is -2.03. The maximum atomic E-state index is 12.9. The molecule has 10 nitrogen and oxygen atoms in total. The number of carbonyl (C=O) groups excluding carboxylic acids is 2. The minimum absolute atomic E-state index is 0.125. The highest BCUT2D eigenvalue weighted by Crippen LogP contribution is 2.37. The van der Waals surface area contributed by atoms with Crippen LogP contribution in [-0.2, 0) is 30.7 Å². The van der Waals surface area contributed by atoms with Gasteiger partial charge >= 0.3 is 12.1 Å². The molecule has 4 aromatic rings. The van der Waals surface area contributed by atoms with Crippen molar-refractivity contribution in [2.75, 3.05) is 33.0 Å². The van der Waals surface area contributed by atoms with Crippen molar-refractivity contribution in [2.24, 2.45) is 0 Å². The average Bonchev–Trinajstić information content (AvgIpc) is 3.64. The zero-order valence-electron chi connectivity index (χ0n) is 25.7. The van der Waals surface area contributed by atoms with E-state index < -0.39 is 33.5 Å². The summed E-state index contributed by atoms with van der Waals surface area (Å²) in [6, 6.07) is 19.4. The van der Waals surface area contributed by atoms with E-state index in [0.29, 0.717) is 36.0 Å². The first kappa shape index (κ1) is 32.7. The van der Waals surface area contributed by atoms with Gasteiger partial charge in [0.2, 0.25) is 0 Å². The largest absolute Gasteiger partial charge is 0.468 e. The average molecular weight is 671 g/mol. The fourth-order valence-electron chi connectivity index (χ4n) is 5.07. The third-order valence-electron chi connectivity index (χ3n) is 7.23. The molecule has 2 aromatic heterocycles. The van der Waals surface area contributed by atoms with E-state index in [1.165, 1.54) is 29.6 Å². The first-order valence-electron chi connectivity index (χ1n) is 14.3. The maximum Gasteiger partial charge on any atom is 0.410 e. The van der Waals surface area contributed by atoms with Gasteiger partial charge in [-0.05, 0) is 68.8 Å². The van der Waals surface area contributed by atoms with Crippen molar-refractivity contribution in [3.05, 3.63) is 77.4 Å². The highest BCUT2D eigenvalue weighted by molar-refractivity contribution is 7.90. The predicted molar refractivity (Wildman–Crippen MR) is 174 cm³/mol.